The summed E-state index contributed by atoms with van der Waals surface area (Å²) in [5, 5.41) is 2.48. The summed E-state index contributed by atoms with van der Waals surface area (Å²) >= 11 is 4.98. The van der Waals surface area contributed by atoms with Gasteiger partial charge in [-0.3, -0.25) is 4.79 Å². The number of aromatic nitrogens is 1. The van der Waals surface area contributed by atoms with Gasteiger partial charge in [-0.15, -0.1) is 0 Å². The van der Waals surface area contributed by atoms with Crippen molar-refractivity contribution in [3.05, 3.63) is 65.1 Å². The largest absolute Gasteiger partial charge is 0.489 e. The van der Waals surface area contributed by atoms with E-state index in [0.717, 1.165) is 25.0 Å². The molecule has 38 heavy (non-hydrogen) atoms. The second-order valence-electron chi connectivity index (χ2n) is 8.79. The Bertz CT molecular complexity index is 1350. The molecule has 1 saturated carbocycles. The Balaban J connectivity index is 1.65. The van der Waals surface area contributed by atoms with Gasteiger partial charge in [0, 0.05) is 17.2 Å². The lowest BCUT2D eigenvalue weighted by Gasteiger charge is -2.18. The molecule has 1 aromatic heterocycles. The van der Waals surface area contributed by atoms with Gasteiger partial charge in [-0.1, -0.05) is 18.3 Å². The highest BCUT2D eigenvalue weighted by Gasteiger charge is 2.29. The number of hydrogen-bond acceptors (Lipinski definition) is 7. The van der Waals surface area contributed by atoms with Crippen LogP contribution < -0.4 is 26.3 Å². The van der Waals surface area contributed by atoms with E-state index in [2.05, 4.69) is 15.0 Å². The van der Waals surface area contributed by atoms with Crippen molar-refractivity contribution in [1.82, 2.24) is 10.3 Å². The Hall–Kier alpha value is -3.71. The lowest BCUT2D eigenvalue weighted by Crippen LogP contribution is -2.37. The highest BCUT2D eigenvalue weighted by atomic mass is 32.1. The number of nitrogens with two attached hydrogens (primary N) is 2. The fraction of sp³-hybridized carbons (Fsp3) is 0.320. The number of rotatable bonds is 11. The van der Waals surface area contributed by atoms with E-state index in [9.17, 15) is 22.4 Å². The SMILES string of the molecule is C[C@H](N)c1oc(-c2ccc(OC(F)F)c(OCC3CC3)c2)nc1C(=O)NC(C(N)=S)c1ccc(F)cc1F. The van der Waals surface area contributed by atoms with Crippen molar-refractivity contribution >= 4 is 23.1 Å². The van der Waals surface area contributed by atoms with Crippen LogP contribution in [0.4, 0.5) is 17.6 Å². The molecular weight excluding hydrogens is 528 g/mol. The van der Waals surface area contributed by atoms with E-state index in [0.29, 0.717) is 24.2 Å². The van der Waals surface area contributed by atoms with E-state index in [4.69, 9.17) is 32.8 Å². The molecule has 13 heteroatoms. The van der Waals surface area contributed by atoms with Crippen molar-refractivity contribution in [2.24, 2.45) is 17.4 Å². The monoisotopic (exact) mass is 552 g/mol. The predicted octanol–water partition coefficient (Wildman–Crippen LogP) is 4.79. The van der Waals surface area contributed by atoms with Crippen LogP contribution in [-0.2, 0) is 0 Å². The van der Waals surface area contributed by atoms with Crippen molar-refractivity contribution in [3.8, 4) is 23.0 Å². The van der Waals surface area contributed by atoms with Crippen molar-refractivity contribution in [1.29, 1.82) is 0 Å². The number of amides is 1. The number of hydrogen-bond donors (Lipinski definition) is 3. The van der Waals surface area contributed by atoms with E-state index in [-0.39, 0.29) is 39.4 Å². The lowest BCUT2D eigenvalue weighted by atomic mass is 10.1. The van der Waals surface area contributed by atoms with Crippen LogP contribution >= 0.6 is 12.2 Å². The topological polar surface area (TPSA) is 126 Å². The summed E-state index contributed by atoms with van der Waals surface area (Å²) in [5.74, 6) is -2.44. The highest BCUT2D eigenvalue weighted by Crippen LogP contribution is 2.37. The fourth-order valence-electron chi connectivity index (χ4n) is 3.60. The third kappa shape index (κ3) is 6.40. The first-order chi connectivity index (χ1) is 18.0. The number of nitrogens with one attached hydrogen (secondary N) is 1. The van der Waals surface area contributed by atoms with Crippen LogP contribution in [0.25, 0.3) is 11.5 Å². The Morgan fingerprint density at radius 3 is 2.55 bits per heavy atom. The third-order valence-electron chi connectivity index (χ3n) is 5.69. The summed E-state index contributed by atoms with van der Waals surface area (Å²) in [5.41, 5.74) is 11.6. The molecule has 5 N–H and O–H groups in total. The molecule has 1 aliphatic rings. The molecule has 1 heterocycles. The van der Waals surface area contributed by atoms with Gasteiger partial charge in [0.2, 0.25) is 5.89 Å². The van der Waals surface area contributed by atoms with Crippen LogP contribution in [0.2, 0.25) is 0 Å². The maximum atomic E-state index is 14.4. The molecule has 4 rings (SSSR count). The number of carbonyl (C=O) groups excluding carboxylic acids is 1. The van der Waals surface area contributed by atoms with Crippen LogP contribution in [-0.4, -0.2) is 29.1 Å². The Morgan fingerprint density at radius 1 is 1.21 bits per heavy atom. The normalized spacial score (nSPS) is 14.7. The Kier molecular flexibility index (Phi) is 8.17. The van der Waals surface area contributed by atoms with E-state index < -0.39 is 36.2 Å². The van der Waals surface area contributed by atoms with Crippen LogP contribution in [0.3, 0.4) is 0 Å². The minimum atomic E-state index is -3.06. The van der Waals surface area contributed by atoms with Gasteiger partial charge in [-0.2, -0.15) is 8.78 Å². The van der Waals surface area contributed by atoms with E-state index in [1.807, 2.05) is 0 Å². The molecule has 202 valence electrons. The molecule has 0 radical (unpaired) electrons. The number of halogens is 4. The highest BCUT2D eigenvalue weighted by molar-refractivity contribution is 7.80. The van der Waals surface area contributed by atoms with Crippen molar-refractivity contribution in [3.63, 3.8) is 0 Å². The smallest absolute Gasteiger partial charge is 0.387 e. The van der Waals surface area contributed by atoms with Crippen LogP contribution in [0.1, 0.15) is 53.7 Å². The number of thiocarbonyl (C=S) groups is 1. The Morgan fingerprint density at radius 2 is 1.95 bits per heavy atom. The number of benzene rings is 2. The zero-order chi connectivity index (χ0) is 27.6. The van der Waals surface area contributed by atoms with Gasteiger partial charge in [0.25, 0.3) is 5.91 Å². The van der Waals surface area contributed by atoms with Crippen molar-refractivity contribution in [2.75, 3.05) is 6.61 Å². The molecular formula is C25H24F4N4O4S. The molecule has 0 aliphatic heterocycles. The average molecular weight is 553 g/mol. The summed E-state index contributed by atoms with van der Waals surface area (Å²) < 4.78 is 69.5. The molecule has 1 amide bonds. The predicted molar refractivity (Wildman–Crippen MR) is 133 cm³/mol. The van der Waals surface area contributed by atoms with Crippen molar-refractivity contribution < 1.29 is 36.2 Å². The number of alkyl halides is 2. The maximum Gasteiger partial charge on any atom is 0.387 e. The molecule has 1 aliphatic carbocycles. The second-order valence-corrected chi connectivity index (χ2v) is 9.26. The van der Waals surface area contributed by atoms with Crippen molar-refractivity contribution in [2.45, 2.75) is 38.5 Å². The van der Waals surface area contributed by atoms with Gasteiger partial charge >= 0.3 is 6.61 Å². The average Bonchev–Trinajstić information content (AvgIpc) is 3.56. The molecule has 0 spiro atoms. The minimum Gasteiger partial charge on any atom is -0.489 e. The first kappa shape index (κ1) is 27.3. The second kappa shape index (κ2) is 11.4. The summed E-state index contributed by atoms with van der Waals surface area (Å²) in [6.45, 7) is -1.18. The number of nitrogens with zero attached hydrogens (tertiary/aromatic N) is 1. The minimum absolute atomic E-state index is 0.00729. The Labute approximate surface area is 220 Å². The van der Waals surface area contributed by atoms with Gasteiger partial charge < -0.3 is 30.7 Å². The first-order valence-electron chi connectivity index (χ1n) is 11.6. The van der Waals surface area contributed by atoms with Gasteiger partial charge in [-0.25, -0.2) is 13.8 Å². The lowest BCUT2D eigenvalue weighted by molar-refractivity contribution is -0.0515. The molecule has 1 fully saturated rings. The van der Waals surface area contributed by atoms with Crippen LogP contribution in [0.15, 0.2) is 40.8 Å². The maximum absolute atomic E-state index is 14.4. The van der Waals surface area contributed by atoms with Crippen LogP contribution in [0.5, 0.6) is 11.5 Å². The molecule has 2 atom stereocenters. The molecule has 2 aromatic carbocycles. The van der Waals surface area contributed by atoms with Gasteiger partial charge in [0.15, 0.2) is 23.0 Å². The molecule has 1 unspecified atom stereocenters. The summed E-state index contributed by atoms with van der Waals surface area (Å²) in [4.78, 5) is 17.1. The molecule has 0 saturated heterocycles. The van der Waals surface area contributed by atoms with E-state index in [1.165, 1.54) is 18.2 Å². The van der Waals surface area contributed by atoms with Gasteiger partial charge in [-0.05, 0) is 49.9 Å². The number of carbonyl (C=O) groups is 1. The fourth-order valence-corrected chi connectivity index (χ4v) is 3.79. The van der Waals surface area contributed by atoms with Crippen LogP contribution in [0, 0.1) is 17.6 Å². The molecule has 3 aromatic rings. The molecule has 0 bridgehead atoms. The quantitative estimate of drug-likeness (QED) is 0.229. The number of oxazole rings is 1. The van der Waals surface area contributed by atoms with E-state index in [1.54, 1.807) is 6.92 Å². The summed E-state index contributed by atoms with van der Waals surface area (Å²) in [7, 11) is 0. The van der Waals surface area contributed by atoms with Gasteiger partial charge in [0.05, 0.1) is 12.6 Å². The zero-order valence-electron chi connectivity index (χ0n) is 20.0. The number of ether oxygens (including phenoxy) is 2. The first-order valence-corrected chi connectivity index (χ1v) is 12.0. The molecule has 8 nitrogen and oxygen atoms in total. The summed E-state index contributed by atoms with van der Waals surface area (Å²) in [6.07, 6.45) is 1.96. The summed E-state index contributed by atoms with van der Waals surface area (Å²) in [6, 6.07) is 4.76. The zero-order valence-corrected chi connectivity index (χ0v) is 20.9. The van der Waals surface area contributed by atoms with Gasteiger partial charge in [0.1, 0.15) is 22.7 Å². The standard InChI is InChI=1S/C25H24F4N4O4S/c1-11(30)21-20(23(34)32-19(22(31)38)15-6-5-14(26)9-16(15)27)33-24(37-21)13-4-7-17(36-25(28)29)18(8-13)35-10-12-2-3-12/h4-9,11-12,19,25H,2-3,10,30H2,1H3,(H2,31,38)(H,32,34)/t11-,19?/m0/s1. The van der Waals surface area contributed by atoms with E-state index >= 15 is 0 Å². The third-order valence-corrected chi connectivity index (χ3v) is 5.93.